The molecule has 2 heterocycles. The van der Waals surface area contributed by atoms with E-state index in [2.05, 4.69) is 27.4 Å². The van der Waals surface area contributed by atoms with E-state index in [1.165, 1.54) is 17.7 Å². The van der Waals surface area contributed by atoms with Crippen LogP contribution < -0.4 is 10.9 Å². The average molecular weight is 337 g/mol. The Balaban J connectivity index is 1.73. The maximum absolute atomic E-state index is 13.5. The summed E-state index contributed by atoms with van der Waals surface area (Å²) in [5.41, 5.74) is 3.08. The minimum Gasteiger partial charge on any atom is -0.317 e. The van der Waals surface area contributed by atoms with Crippen LogP contribution in [0.2, 0.25) is 0 Å². The summed E-state index contributed by atoms with van der Waals surface area (Å²) in [6.45, 7) is 3.88. The van der Waals surface area contributed by atoms with Gasteiger partial charge < -0.3 is 10.3 Å². The van der Waals surface area contributed by atoms with Crippen molar-refractivity contribution in [2.24, 2.45) is 0 Å². The fourth-order valence-electron chi connectivity index (χ4n) is 3.58. The van der Waals surface area contributed by atoms with Crippen molar-refractivity contribution in [2.75, 3.05) is 13.1 Å². The first-order valence-corrected chi connectivity index (χ1v) is 8.63. The number of aromatic nitrogens is 2. The Bertz CT molecular complexity index is 973. The number of fused-ring (bicyclic) bond motifs is 1. The van der Waals surface area contributed by atoms with Crippen LogP contribution >= 0.6 is 0 Å². The number of nitrogens with one attached hydrogen (secondary N) is 2. The number of rotatable bonds is 2. The van der Waals surface area contributed by atoms with Gasteiger partial charge in [-0.15, -0.1) is 0 Å². The molecule has 1 aliphatic heterocycles. The van der Waals surface area contributed by atoms with Crippen LogP contribution in [0.4, 0.5) is 4.39 Å². The van der Waals surface area contributed by atoms with Crippen molar-refractivity contribution >= 4 is 10.9 Å². The smallest absolute Gasteiger partial charge is 0.259 e. The number of benzene rings is 2. The molecule has 0 amide bonds. The van der Waals surface area contributed by atoms with Crippen molar-refractivity contribution in [2.45, 2.75) is 25.7 Å². The van der Waals surface area contributed by atoms with Crippen LogP contribution in [0.5, 0.6) is 0 Å². The van der Waals surface area contributed by atoms with Crippen LogP contribution in [0.3, 0.4) is 0 Å². The summed E-state index contributed by atoms with van der Waals surface area (Å²) in [6, 6.07) is 10.9. The Morgan fingerprint density at radius 1 is 1.12 bits per heavy atom. The lowest BCUT2D eigenvalue weighted by molar-refractivity contribution is 0.460. The number of H-pyrrole nitrogens is 1. The lowest BCUT2D eigenvalue weighted by Gasteiger charge is -2.23. The summed E-state index contributed by atoms with van der Waals surface area (Å²) in [4.78, 5) is 19.7. The molecule has 1 saturated heterocycles. The molecule has 2 aromatic carbocycles. The predicted octanol–water partition coefficient (Wildman–Crippen LogP) is 3.50. The summed E-state index contributed by atoms with van der Waals surface area (Å²) < 4.78 is 13.5. The zero-order valence-corrected chi connectivity index (χ0v) is 14.1. The molecule has 4 rings (SSSR count). The van der Waals surface area contributed by atoms with Gasteiger partial charge in [-0.25, -0.2) is 9.37 Å². The molecular weight excluding hydrogens is 317 g/mol. The Kier molecular flexibility index (Phi) is 4.09. The van der Waals surface area contributed by atoms with Gasteiger partial charge in [-0.05, 0) is 62.0 Å². The van der Waals surface area contributed by atoms with Crippen LogP contribution in [-0.2, 0) is 0 Å². The molecule has 1 aliphatic rings. The van der Waals surface area contributed by atoms with Gasteiger partial charge in [0.1, 0.15) is 11.6 Å². The van der Waals surface area contributed by atoms with Crippen molar-refractivity contribution in [1.29, 1.82) is 0 Å². The second-order valence-electron chi connectivity index (χ2n) is 6.68. The van der Waals surface area contributed by atoms with Crippen molar-refractivity contribution in [3.63, 3.8) is 0 Å². The van der Waals surface area contributed by atoms with Crippen LogP contribution in [0.25, 0.3) is 22.3 Å². The topological polar surface area (TPSA) is 57.8 Å². The number of piperidine rings is 1. The van der Waals surface area contributed by atoms with E-state index in [0.29, 0.717) is 22.8 Å². The highest BCUT2D eigenvalue weighted by Crippen LogP contribution is 2.27. The highest BCUT2D eigenvalue weighted by atomic mass is 19.1. The minimum atomic E-state index is -0.420. The van der Waals surface area contributed by atoms with E-state index in [1.807, 2.05) is 12.1 Å². The molecule has 0 spiro atoms. The van der Waals surface area contributed by atoms with Crippen molar-refractivity contribution in [1.82, 2.24) is 15.3 Å². The average Bonchev–Trinajstić information content (AvgIpc) is 2.63. The molecule has 0 unspecified atom stereocenters. The highest BCUT2D eigenvalue weighted by Gasteiger charge is 2.15. The maximum atomic E-state index is 13.5. The van der Waals surface area contributed by atoms with Crippen LogP contribution in [0.1, 0.15) is 29.9 Å². The molecule has 0 radical (unpaired) electrons. The van der Waals surface area contributed by atoms with Gasteiger partial charge in [0.2, 0.25) is 0 Å². The third-order valence-electron chi connectivity index (χ3n) is 4.96. The van der Waals surface area contributed by atoms with Gasteiger partial charge in [0.05, 0.1) is 10.9 Å². The molecular formula is C20H20FN3O. The number of nitrogens with zero attached hydrogens (tertiary/aromatic N) is 1. The third-order valence-corrected chi connectivity index (χ3v) is 4.96. The van der Waals surface area contributed by atoms with E-state index >= 15 is 0 Å². The summed E-state index contributed by atoms with van der Waals surface area (Å²) in [5.74, 6) is 0.685. The lowest BCUT2D eigenvalue weighted by Crippen LogP contribution is -2.26. The van der Waals surface area contributed by atoms with Crippen molar-refractivity contribution in [3.8, 4) is 11.4 Å². The van der Waals surface area contributed by atoms with Crippen molar-refractivity contribution in [3.05, 3.63) is 63.7 Å². The van der Waals surface area contributed by atoms with E-state index in [0.717, 1.165) is 31.5 Å². The Labute approximate surface area is 145 Å². The van der Waals surface area contributed by atoms with Gasteiger partial charge in [-0.2, -0.15) is 0 Å². The minimum absolute atomic E-state index is 0.285. The van der Waals surface area contributed by atoms with E-state index in [9.17, 15) is 9.18 Å². The SMILES string of the molecule is Cc1cc(F)cc2c(=O)[nH]c(-c3ccc(C4CCNCC4)cc3)nc12. The first kappa shape index (κ1) is 16.0. The predicted molar refractivity (Wildman–Crippen MR) is 97.3 cm³/mol. The molecule has 0 saturated carbocycles. The molecule has 3 aromatic rings. The van der Waals surface area contributed by atoms with Gasteiger partial charge in [0.15, 0.2) is 0 Å². The molecule has 2 N–H and O–H groups in total. The van der Waals surface area contributed by atoms with E-state index in [1.54, 1.807) is 6.92 Å². The normalized spacial score (nSPS) is 15.6. The number of hydrogen-bond acceptors (Lipinski definition) is 3. The van der Waals surface area contributed by atoms with E-state index in [4.69, 9.17) is 0 Å². The van der Waals surface area contributed by atoms with Gasteiger partial charge in [-0.3, -0.25) is 4.79 Å². The molecule has 0 atom stereocenters. The largest absolute Gasteiger partial charge is 0.317 e. The Hall–Kier alpha value is -2.53. The fraction of sp³-hybridized carbons (Fsp3) is 0.300. The Morgan fingerprint density at radius 3 is 2.56 bits per heavy atom. The second kappa shape index (κ2) is 6.41. The zero-order valence-electron chi connectivity index (χ0n) is 14.1. The lowest BCUT2D eigenvalue weighted by atomic mass is 9.90. The number of aromatic amines is 1. The van der Waals surface area contributed by atoms with Crippen LogP contribution in [0, 0.1) is 12.7 Å². The summed E-state index contributed by atoms with van der Waals surface area (Å²) in [5, 5.41) is 3.66. The van der Waals surface area contributed by atoms with Gasteiger partial charge in [0, 0.05) is 5.56 Å². The van der Waals surface area contributed by atoms with E-state index < -0.39 is 5.82 Å². The van der Waals surface area contributed by atoms with Crippen LogP contribution in [0.15, 0.2) is 41.2 Å². The number of halogens is 1. The zero-order chi connectivity index (χ0) is 17.4. The molecule has 4 nitrogen and oxygen atoms in total. The molecule has 25 heavy (non-hydrogen) atoms. The molecule has 1 aromatic heterocycles. The monoisotopic (exact) mass is 337 g/mol. The summed E-state index contributed by atoms with van der Waals surface area (Å²) >= 11 is 0. The van der Waals surface area contributed by atoms with Gasteiger partial charge >= 0.3 is 0 Å². The molecule has 1 fully saturated rings. The number of hydrogen-bond donors (Lipinski definition) is 2. The highest BCUT2D eigenvalue weighted by molar-refractivity contribution is 5.82. The summed E-state index contributed by atoms with van der Waals surface area (Å²) in [6.07, 6.45) is 2.30. The van der Waals surface area contributed by atoms with Gasteiger partial charge in [-0.1, -0.05) is 24.3 Å². The van der Waals surface area contributed by atoms with E-state index in [-0.39, 0.29) is 10.9 Å². The van der Waals surface area contributed by atoms with Crippen molar-refractivity contribution < 1.29 is 4.39 Å². The quantitative estimate of drug-likeness (QED) is 0.752. The first-order chi connectivity index (χ1) is 12.1. The van der Waals surface area contributed by atoms with Gasteiger partial charge in [0.25, 0.3) is 5.56 Å². The molecule has 128 valence electrons. The third kappa shape index (κ3) is 3.07. The maximum Gasteiger partial charge on any atom is 0.259 e. The molecule has 0 aliphatic carbocycles. The Morgan fingerprint density at radius 2 is 1.84 bits per heavy atom. The standard InChI is InChI=1S/C20H20FN3O/c1-12-10-16(21)11-17-18(12)23-19(24-20(17)25)15-4-2-13(3-5-15)14-6-8-22-9-7-14/h2-5,10-11,14,22H,6-9H2,1H3,(H,23,24,25). The summed E-state index contributed by atoms with van der Waals surface area (Å²) in [7, 11) is 0. The second-order valence-corrected chi connectivity index (χ2v) is 6.68. The molecule has 5 heteroatoms. The first-order valence-electron chi connectivity index (χ1n) is 8.63. The molecule has 0 bridgehead atoms. The fourth-order valence-corrected chi connectivity index (χ4v) is 3.58. The van der Waals surface area contributed by atoms with Crippen LogP contribution in [-0.4, -0.2) is 23.1 Å². The number of aryl methyl sites for hydroxylation is 1.